The van der Waals surface area contributed by atoms with Crippen LogP contribution < -0.4 is 0 Å². The molecule has 0 amide bonds. The van der Waals surface area contributed by atoms with E-state index < -0.39 is 0 Å². The number of fused-ring (bicyclic) bond motifs is 5. The first-order valence-electron chi connectivity index (χ1n) is 19.7. The summed E-state index contributed by atoms with van der Waals surface area (Å²) in [5, 5.41) is 3.66. The first-order valence-corrected chi connectivity index (χ1v) is 20.5. The van der Waals surface area contributed by atoms with Gasteiger partial charge in [-0.25, -0.2) is 19.9 Å². The van der Waals surface area contributed by atoms with E-state index in [1.165, 1.54) is 53.4 Å². The number of thiophene rings is 1. The zero-order chi connectivity index (χ0) is 39.1. The third kappa shape index (κ3) is 6.44. The summed E-state index contributed by atoms with van der Waals surface area (Å²) in [4.78, 5) is 20.5. The molecule has 276 valence electrons. The van der Waals surface area contributed by atoms with E-state index in [0.29, 0.717) is 17.5 Å². The van der Waals surface area contributed by atoms with Gasteiger partial charge in [-0.05, 0) is 51.6 Å². The second-order valence-electron chi connectivity index (χ2n) is 14.6. The minimum atomic E-state index is 0.619. The second kappa shape index (κ2) is 14.7. The summed E-state index contributed by atoms with van der Waals surface area (Å²) >= 11 is 1.81. The first-order chi connectivity index (χ1) is 29.2. The molecule has 0 aliphatic heterocycles. The maximum Gasteiger partial charge on any atom is 0.164 e. The van der Waals surface area contributed by atoms with Crippen molar-refractivity contribution in [3.8, 4) is 78.8 Å². The van der Waals surface area contributed by atoms with E-state index in [9.17, 15) is 0 Å². The fourth-order valence-electron chi connectivity index (χ4n) is 8.03. The average Bonchev–Trinajstić information content (AvgIpc) is 3.72. The van der Waals surface area contributed by atoms with Crippen molar-refractivity contribution in [3.63, 3.8) is 0 Å². The van der Waals surface area contributed by atoms with Gasteiger partial charge in [0.25, 0.3) is 0 Å². The maximum atomic E-state index is 5.44. The molecule has 0 saturated heterocycles. The van der Waals surface area contributed by atoms with Crippen molar-refractivity contribution in [2.75, 3.05) is 0 Å². The van der Waals surface area contributed by atoms with Crippen molar-refractivity contribution in [3.05, 3.63) is 206 Å². The molecule has 0 radical (unpaired) electrons. The molecule has 0 fully saturated rings. The predicted molar refractivity (Wildman–Crippen MR) is 246 cm³/mol. The topological polar surface area (TPSA) is 51.6 Å². The summed E-state index contributed by atoms with van der Waals surface area (Å²) in [5.74, 6) is 1.88. The van der Waals surface area contributed by atoms with E-state index in [0.717, 1.165) is 39.0 Å². The standard InChI is InChI=1S/C54H34N4S/c1-4-14-35(15-5-1)37-26-30-40(31-27-37)53-56-52(39-18-8-3-9-19-39)57-54(58-53)41-32-28-38(29-33-41)50-51-49(45-22-10-11-25-47(45)59-51)48-44(23-13-24-46(48)55-50)43-21-12-20-42(34-43)36-16-6-2-7-17-36/h1-34H. The molecule has 3 heterocycles. The van der Waals surface area contributed by atoms with E-state index in [1.54, 1.807) is 11.3 Å². The number of hydrogen-bond donors (Lipinski definition) is 0. The Morgan fingerprint density at radius 1 is 0.305 bits per heavy atom. The molecule has 5 heteroatoms. The van der Waals surface area contributed by atoms with Gasteiger partial charge in [0.05, 0.1) is 15.9 Å². The lowest BCUT2D eigenvalue weighted by atomic mass is 9.93. The van der Waals surface area contributed by atoms with Gasteiger partial charge in [0, 0.05) is 43.1 Å². The molecular formula is C54H34N4S. The van der Waals surface area contributed by atoms with Crippen LogP contribution in [-0.2, 0) is 0 Å². The van der Waals surface area contributed by atoms with Crippen molar-refractivity contribution in [2.24, 2.45) is 0 Å². The van der Waals surface area contributed by atoms with Crippen LogP contribution in [0.1, 0.15) is 0 Å². The number of nitrogens with zero attached hydrogens (tertiary/aromatic N) is 4. The molecule has 4 nitrogen and oxygen atoms in total. The van der Waals surface area contributed by atoms with E-state index in [4.69, 9.17) is 19.9 Å². The number of hydrogen-bond acceptors (Lipinski definition) is 5. The molecule has 0 bridgehead atoms. The minimum absolute atomic E-state index is 0.619. The van der Waals surface area contributed by atoms with Crippen molar-refractivity contribution in [2.45, 2.75) is 0 Å². The largest absolute Gasteiger partial charge is 0.246 e. The summed E-state index contributed by atoms with van der Waals surface area (Å²) in [5.41, 5.74) is 12.8. The molecule has 0 atom stereocenters. The van der Waals surface area contributed by atoms with Gasteiger partial charge in [0.1, 0.15) is 0 Å². The molecule has 11 rings (SSSR count). The average molecular weight is 771 g/mol. The number of pyridine rings is 1. The SMILES string of the molecule is c1ccc(-c2ccc(-c3nc(-c4ccccc4)nc(-c4ccc(-c5nc6cccc(-c7cccc(-c8ccccc8)c7)c6c6c5sc5ccccc56)cc4)n3)cc2)cc1. The second-order valence-corrected chi connectivity index (χ2v) is 15.7. The van der Waals surface area contributed by atoms with Gasteiger partial charge in [-0.3, -0.25) is 0 Å². The van der Waals surface area contributed by atoms with Gasteiger partial charge in [-0.15, -0.1) is 11.3 Å². The Labute approximate surface area is 345 Å². The molecule has 0 saturated carbocycles. The molecule has 3 aromatic heterocycles. The van der Waals surface area contributed by atoms with Crippen LogP contribution in [0.5, 0.6) is 0 Å². The minimum Gasteiger partial charge on any atom is -0.246 e. The van der Waals surface area contributed by atoms with Crippen molar-refractivity contribution in [1.29, 1.82) is 0 Å². The molecule has 0 aliphatic carbocycles. The summed E-state index contributed by atoms with van der Waals surface area (Å²) in [6.45, 7) is 0. The lowest BCUT2D eigenvalue weighted by Gasteiger charge is -2.13. The van der Waals surface area contributed by atoms with Gasteiger partial charge in [0.15, 0.2) is 17.5 Å². The van der Waals surface area contributed by atoms with Crippen LogP contribution in [0.2, 0.25) is 0 Å². The highest BCUT2D eigenvalue weighted by Crippen LogP contribution is 2.46. The van der Waals surface area contributed by atoms with Crippen LogP contribution in [0.4, 0.5) is 0 Å². The van der Waals surface area contributed by atoms with E-state index in [1.807, 2.05) is 36.4 Å². The highest BCUT2D eigenvalue weighted by atomic mass is 32.1. The molecule has 8 aromatic carbocycles. The number of rotatable bonds is 7. The van der Waals surface area contributed by atoms with Crippen LogP contribution >= 0.6 is 11.3 Å². The van der Waals surface area contributed by atoms with Gasteiger partial charge >= 0.3 is 0 Å². The first kappa shape index (κ1) is 34.6. The van der Waals surface area contributed by atoms with Crippen LogP contribution in [0.15, 0.2) is 206 Å². The van der Waals surface area contributed by atoms with Crippen molar-refractivity contribution < 1.29 is 0 Å². The Balaban J connectivity index is 1.03. The lowest BCUT2D eigenvalue weighted by molar-refractivity contribution is 1.07. The number of aromatic nitrogens is 4. The lowest BCUT2D eigenvalue weighted by Crippen LogP contribution is -2.00. The zero-order valence-corrected chi connectivity index (χ0v) is 32.6. The van der Waals surface area contributed by atoms with E-state index in [-0.39, 0.29) is 0 Å². The third-order valence-electron chi connectivity index (χ3n) is 11.0. The highest BCUT2D eigenvalue weighted by molar-refractivity contribution is 7.26. The monoisotopic (exact) mass is 770 g/mol. The van der Waals surface area contributed by atoms with Crippen molar-refractivity contribution >= 4 is 42.4 Å². The normalized spacial score (nSPS) is 11.4. The van der Waals surface area contributed by atoms with Crippen LogP contribution in [0.25, 0.3) is 110 Å². The van der Waals surface area contributed by atoms with E-state index in [2.05, 4.69) is 170 Å². The van der Waals surface area contributed by atoms with Gasteiger partial charge in [-0.2, -0.15) is 0 Å². The highest BCUT2D eigenvalue weighted by Gasteiger charge is 2.20. The van der Waals surface area contributed by atoms with Crippen LogP contribution in [0, 0.1) is 0 Å². The smallest absolute Gasteiger partial charge is 0.164 e. The summed E-state index contributed by atoms with van der Waals surface area (Å²) < 4.78 is 2.41. The Morgan fingerprint density at radius 2 is 0.763 bits per heavy atom. The fraction of sp³-hybridized carbons (Fsp3) is 0. The Kier molecular flexibility index (Phi) is 8.64. The molecule has 0 aliphatic rings. The molecule has 59 heavy (non-hydrogen) atoms. The Bertz CT molecular complexity index is 3290. The summed E-state index contributed by atoms with van der Waals surface area (Å²) in [6, 6.07) is 72.1. The third-order valence-corrected chi connectivity index (χ3v) is 12.1. The fourth-order valence-corrected chi connectivity index (χ4v) is 9.25. The van der Waals surface area contributed by atoms with Gasteiger partial charge < -0.3 is 0 Å². The molecular weight excluding hydrogens is 737 g/mol. The zero-order valence-electron chi connectivity index (χ0n) is 31.8. The van der Waals surface area contributed by atoms with Crippen LogP contribution in [0.3, 0.4) is 0 Å². The predicted octanol–water partition coefficient (Wildman–Crippen LogP) is 14.5. The number of benzene rings is 8. The molecule has 0 unspecified atom stereocenters. The van der Waals surface area contributed by atoms with Gasteiger partial charge in [0.2, 0.25) is 0 Å². The summed E-state index contributed by atoms with van der Waals surface area (Å²) in [6.07, 6.45) is 0. The van der Waals surface area contributed by atoms with Crippen LogP contribution in [-0.4, -0.2) is 19.9 Å². The van der Waals surface area contributed by atoms with E-state index >= 15 is 0 Å². The van der Waals surface area contributed by atoms with Crippen molar-refractivity contribution in [1.82, 2.24) is 19.9 Å². The Hall–Kier alpha value is -7.60. The maximum absolute atomic E-state index is 5.44. The molecule has 11 aromatic rings. The molecule has 0 spiro atoms. The molecule has 0 N–H and O–H groups in total. The van der Waals surface area contributed by atoms with Gasteiger partial charge in [-0.1, -0.05) is 188 Å². The quantitative estimate of drug-likeness (QED) is 0.162. The Morgan fingerprint density at radius 3 is 1.41 bits per heavy atom. The summed E-state index contributed by atoms with van der Waals surface area (Å²) in [7, 11) is 0.